The van der Waals surface area contributed by atoms with Gasteiger partial charge in [0, 0.05) is 224 Å². The molecule has 0 unspecified atom stereocenters. The summed E-state index contributed by atoms with van der Waals surface area (Å²) in [6, 6.07) is 55.6. The molecule has 0 radical (unpaired) electrons. The fourth-order valence-electron chi connectivity index (χ4n) is 19.1. The molecule has 149 heavy (non-hydrogen) atoms. The summed E-state index contributed by atoms with van der Waals surface area (Å²) in [6.07, 6.45) is 37.0. The fourth-order valence-corrected chi connectivity index (χ4v) is 19.2. The third-order valence-corrected chi connectivity index (χ3v) is 28.2. The van der Waals surface area contributed by atoms with Crippen molar-refractivity contribution in [3.63, 3.8) is 0 Å². The van der Waals surface area contributed by atoms with Gasteiger partial charge in [-0.3, -0.25) is 53.2 Å². The molecule has 8 aromatic heterocycles. The van der Waals surface area contributed by atoms with Crippen LogP contribution in [-0.2, 0) is 20.1 Å². The molecule has 3 aliphatic carbocycles. The number of ether oxygens (including phenoxy) is 8. The van der Waals surface area contributed by atoms with Crippen LogP contribution in [0.25, 0.3) is 89.2 Å². The van der Waals surface area contributed by atoms with E-state index in [1.54, 1.807) is 110 Å². The predicted octanol–water partition coefficient (Wildman–Crippen LogP) is 21.2. The van der Waals surface area contributed by atoms with Gasteiger partial charge in [-0.05, 0) is 212 Å². The highest BCUT2D eigenvalue weighted by atomic mass is 35.5. The van der Waals surface area contributed by atoms with Crippen molar-refractivity contribution in [2.24, 2.45) is 30.7 Å². The number of alkyl halides is 1. The Morgan fingerprint density at radius 3 is 1.01 bits per heavy atom. The van der Waals surface area contributed by atoms with Gasteiger partial charge >= 0.3 is 0 Å². The van der Waals surface area contributed by atoms with E-state index in [-0.39, 0.29) is 25.8 Å². The van der Waals surface area contributed by atoms with Crippen LogP contribution in [0, 0.1) is 23.7 Å². The van der Waals surface area contributed by atoms with Gasteiger partial charge in [-0.2, -0.15) is 20.4 Å². The molecule has 0 atom stereocenters. The number of nitrogens with one attached hydrogen (secondary N) is 2. The number of aromatic nitrogens is 16. The Morgan fingerprint density at radius 2 is 0.664 bits per heavy atom. The highest BCUT2D eigenvalue weighted by molar-refractivity contribution is 6.21. The van der Waals surface area contributed by atoms with Crippen molar-refractivity contribution in [1.29, 1.82) is 0 Å². The lowest BCUT2D eigenvalue weighted by Gasteiger charge is -2.28. The van der Waals surface area contributed by atoms with Gasteiger partial charge in [0.25, 0.3) is 11.8 Å². The Bertz CT molecular complexity index is 7440. The predicted molar refractivity (Wildman–Crippen MR) is 584 cm³/mol. The molecular formula is C115H126ClN23O10. The first kappa shape index (κ1) is 102. The molecule has 11 heterocycles. The molecule has 2 N–H and O–H groups in total. The van der Waals surface area contributed by atoms with Crippen molar-refractivity contribution in [2.45, 2.75) is 104 Å². The lowest BCUT2D eigenvalue weighted by atomic mass is 9.95. The minimum absolute atomic E-state index is 0. The molecule has 33 nitrogen and oxygen atoms in total. The van der Waals surface area contributed by atoms with E-state index in [2.05, 4.69) is 146 Å². The van der Waals surface area contributed by atoms with Gasteiger partial charge in [-0.1, -0.05) is 19.6 Å². The van der Waals surface area contributed by atoms with Crippen LogP contribution < -0.4 is 68.1 Å². The average Bonchev–Trinajstić information content (AvgIpc) is 1.24. The molecule has 0 bridgehead atoms. The number of nitrogens with zero attached hydrogens (tertiary/aromatic N) is 21. The number of aryl methyl sites for hydroxylation is 3. The second-order valence-corrected chi connectivity index (χ2v) is 38.6. The number of rotatable bonds is 36. The summed E-state index contributed by atoms with van der Waals surface area (Å²) in [5, 5.41) is 24.8. The van der Waals surface area contributed by atoms with Crippen molar-refractivity contribution in [2.75, 3.05) is 141 Å². The van der Waals surface area contributed by atoms with Gasteiger partial charge in [0.2, 0.25) is 0 Å². The van der Waals surface area contributed by atoms with E-state index < -0.39 is 0 Å². The zero-order valence-electron chi connectivity index (χ0n) is 84.8. The van der Waals surface area contributed by atoms with Crippen LogP contribution in [0.1, 0.15) is 111 Å². The molecule has 6 aliphatic rings. The Kier molecular flexibility index (Phi) is 32.0. The maximum Gasteiger partial charge on any atom is 0.261 e. The summed E-state index contributed by atoms with van der Waals surface area (Å²) >= 11 is 5.81. The number of carbonyl (C=O) groups is 2. The van der Waals surface area contributed by atoms with E-state index in [0.717, 1.165) is 242 Å². The van der Waals surface area contributed by atoms with Crippen molar-refractivity contribution in [3.05, 3.63) is 255 Å². The Balaban J connectivity index is 0.000000125. The summed E-state index contributed by atoms with van der Waals surface area (Å²) < 4.78 is 52.0. The first-order chi connectivity index (χ1) is 72.5. The molecule has 3 saturated carbocycles. The molecule has 3 aliphatic heterocycles. The van der Waals surface area contributed by atoms with Crippen LogP contribution in [0.15, 0.2) is 244 Å². The highest BCUT2D eigenvalue weighted by Gasteiger charge is 2.37. The summed E-state index contributed by atoms with van der Waals surface area (Å²) in [7, 11) is 15.1. The number of hydrogen-bond acceptors (Lipinski definition) is 28. The van der Waals surface area contributed by atoms with Crippen LogP contribution in [0.3, 0.4) is 0 Å². The first-order valence-corrected chi connectivity index (χ1v) is 51.1. The van der Waals surface area contributed by atoms with Gasteiger partial charge in [0.15, 0.2) is 0 Å². The fraction of sp³-hybridized carbons (Fsp3) is 0.339. The summed E-state index contributed by atoms with van der Waals surface area (Å²) in [5.41, 5.74) is 22.4. The number of anilines is 8. The third-order valence-electron chi connectivity index (χ3n) is 28.0. The lowest BCUT2D eigenvalue weighted by Crippen LogP contribution is -2.36. The van der Waals surface area contributed by atoms with Crippen molar-refractivity contribution in [1.82, 2.24) is 94.5 Å². The zero-order valence-corrected chi connectivity index (χ0v) is 85.6. The number of piperidine rings is 2. The van der Waals surface area contributed by atoms with E-state index in [4.69, 9.17) is 79.4 Å². The molecule has 2 saturated heterocycles. The third kappa shape index (κ3) is 24.5. The molecule has 768 valence electrons. The number of hydrogen-bond donors (Lipinski definition) is 2. The lowest BCUT2D eigenvalue weighted by molar-refractivity contribution is 0.0658. The van der Waals surface area contributed by atoms with Gasteiger partial charge in [-0.15, -0.1) is 11.6 Å². The highest BCUT2D eigenvalue weighted by Crippen LogP contribution is 2.45. The Morgan fingerprint density at radius 1 is 0.336 bits per heavy atom. The smallest absolute Gasteiger partial charge is 0.261 e. The van der Waals surface area contributed by atoms with Crippen LogP contribution in [0.5, 0.6) is 46.0 Å². The molecule has 17 aromatic rings. The largest absolute Gasteiger partial charge is 0.497 e. The van der Waals surface area contributed by atoms with Gasteiger partial charge in [0.1, 0.15) is 46.0 Å². The SMILES string of the molecule is C.COc1cc(OC)cc(N(CC2CC2)c2ccc3ncc(-c4cnn(C5CCNCC5)c4)nc3c2)c1.COc1cc(OC)cc(N(CC2CC2)c2ccc3ncc(-c4cnn(CCC5CCNCC5)c4)nc3c2)c1.COc1cc(OC)cc(N(CC2CC2)c2ccc3ncc(-c4cnn(CCCCl)c4)nc3c2)c1.COc1cc(OC)cc(N(CCN2C(=O)c3ccccc3C2=O)c2ccc3ncc(-c4cnn(C)c4)nc3c2)c1. The number of amides is 2. The van der Waals surface area contributed by atoms with Crippen LogP contribution in [0.2, 0.25) is 0 Å². The molecule has 23 rings (SSSR count). The quantitative estimate of drug-likeness (QED) is 0.0272. The number of imide groups is 1. The standard InChI is InChI=1S/C30H26N6O4.C30H36N6O2.C28H32N6O2.C26H28ClN5O2.CH4/c1-34-18-19(16-32-34)28-17-31-26-9-8-20(14-27(26)33-28)35(21-12-22(39-2)15-23(13-21)40-3)10-11-36-29(37)24-6-4-5-7-25(24)30(36)38;1-37-26-13-25(14-27(16-26)38-2)36(19-22-3-4-22)24-5-6-28-29(15-24)34-30(18-32-28)23-17-33-35(20-23)12-9-21-7-10-31-11-8-21;1-35-24-11-23(12-25(14-24)36-2)33(17-19-3-4-19)22-5-6-26-27(13-22)32-28(16-30-26)20-15-31-34(18-20)21-7-9-29-10-8-21;1-33-22-10-21(11-23(13-22)34-2)32(16-18-4-5-18)20-6-7-24-25(12-20)30-26(15-28-24)19-14-29-31(17-19)9-3-8-27;/h4-9,12-18H,10-11H2,1-3H3;5-6,13-18,20-22,31H,3-4,7-12,19H2,1-2H3;5-6,11-16,18-19,21,29H,3-4,7-10,17H2,1-2H3;6-7,10-15,17-18H,3-5,8-9,16H2,1-2H3;1H4. The van der Waals surface area contributed by atoms with E-state index >= 15 is 0 Å². The van der Waals surface area contributed by atoms with Gasteiger partial charge < -0.3 is 68.1 Å². The second kappa shape index (κ2) is 46.9. The van der Waals surface area contributed by atoms with Crippen LogP contribution >= 0.6 is 11.6 Å². The van der Waals surface area contributed by atoms with Gasteiger partial charge in [-0.25, -0.2) is 19.9 Å². The number of methoxy groups -OCH3 is 8. The average molecular weight is 2030 g/mol. The molecule has 34 heteroatoms. The topological polar surface area (TPSA) is 323 Å². The molecule has 0 spiro atoms. The maximum atomic E-state index is 13.1. The molecule has 5 fully saturated rings. The first-order valence-electron chi connectivity index (χ1n) is 50.6. The van der Waals surface area contributed by atoms with E-state index in [1.165, 1.54) is 62.7 Å². The molecule has 9 aromatic carbocycles. The van der Waals surface area contributed by atoms with Crippen molar-refractivity contribution < 1.29 is 47.5 Å². The Hall–Kier alpha value is -15.9. The van der Waals surface area contributed by atoms with Crippen LogP contribution in [-0.4, -0.2) is 217 Å². The summed E-state index contributed by atoms with van der Waals surface area (Å²) in [4.78, 5) is 74.9. The Labute approximate surface area is 871 Å². The number of fused-ring (bicyclic) bond motifs is 5. The zero-order chi connectivity index (χ0) is 102. The normalized spacial score (nSPS) is 14.4. The second-order valence-electron chi connectivity index (χ2n) is 38.2. The molecular weight excluding hydrogens is 1900 g/mol. The maximum absolute atomic E-state index is 13.1. The van der Waals surface area contributed by atoms with Crippen molar-refractivity contribution in [3.8, 4) is 91.0 Å². The summed E-state index contributed by atoms with van der Waals surface area (Å²) in [6.45, 7) is 9.38. The van der Waals surface area contributed by atoms with Crippen LogP contribution in [0.4, 0.5) is 45.5 Å². The number of carbonyl (C=O) groups excluding carboxylic acids is 2. The van der Waals surface area contributed by atoms with Crippen molar-refractivity contribution >= 4 is 113 Å². The number of halogens is 1. The minimum Gasteiger partial charge on any atom is -0.497 e. The number of benzene rings is 9. The minimum atomic E-state index is -0.297. The van der Waals surface area contributed by atoms with Gasteiger partial charge in [0.05, 0.1) is 191 Å². The summed E-state index contributed by atoms with van der Waals surface area (Å²) in [5.74, 6) is 8.74. The van der Waals surface area contributed by atoms with E-state index in [1.807, 2.05) is 131 Å². The van der Waals surface area contributed by atoms with E-state index in [9.17, 15) is 9.59 Å². The molecule has 2 amide bonds. The monoisotopic (exact) mass is 2020 g/mol. The van der Waals surface area contributed by atoms with E-state index in [0.29, 0.717) is 70.1 Å².